The first-order valence-electron chi connectivity index (χ1n) is 8.45. The second kappa shape index (κ2) is 6.43. The number of fused-ring (bicyclic) bond motifs is 1. The molecule has 0 N–H and O–H groups in total. The van der Waals surface area contributed by atoms with Crippen LogP contribution in [0.3, 0.4) is 0 Å². The Morgan fingerprint density at radius 1 is 1.17 bits per heavy atom. The summed E-state index contributed by atoms with van der Waals surface area (Å²) >= 11 is 0. The van der Waals surface area contributed by atoms with Crippen LogP contribution in [-0.4, -0.2) is 67.0 Å². The van der Waals surface area contributed by atoms with E-state index in [-0.39, 0.29) is 11.8 Å². The molecule has 130 valence electrons. The number of hydrogen-bond acceptors (Lipinski definition) is 4. The van der Waals surface area contributed by atoms with E-state index in [0.29, 0.717) is 18.7 Å². The van der Waals surface area contributed by atoms with Crippen LogP contribution in [0.5, 0.6) is 5.75 Å². The van der Waals surface area contributed by atoms with Crippen molar-refractivity contribution in [3.05, 3.63) is 24.3 Å². The number of ether oxygens (including phenoxy) is 1. The number of anilines is 1. The molecule has 0 spiro atoms. The SMILES string of the molecule is CN1CCN(C(=O)CCN2C(=O)C(C)(C)Oc3ccccc32)CC1. The molecule has 2 amide bonds. The van der Waals surface area contributed by atoms with Crippen molar-refractivity contribution < 1.29 is 14.3 Å². The van der Waals surface area contributed by atoms with E-state index in [0.717, 1.165) is 31.9 Å². The van der Waals surface area contributed by atoms with E-state index >= 15 is 0 Å². The van der Waals surface area contributed by atoms with Crippen LogP contribution in [0.15, 0.2) is 24.3 Å². The minimum absolute atomic E-state index is 0.104. The van der Waals surface area contributed by atoms with E-state index in [1.165, 1.54) is 0 Å². The highest BCUT2D eigenvalue weighted by Crippen LogP contribution is 2.37. The lowest BCUT2D eigenvalue weighted by atomic mass is 10.0. The molecule has 1 aromatic rings. The zero-order valence-electron chi connectivity index (χ0n) is 14.6. The van der Waals surface area contributed by atoms with E-state index in [1.54, 1.807) is 18.7 Å². The fraction of sp³-hybridized carbons (Fsp3) is 0.556. The number of hydrogen-bond donors (Lipinski definition) is 0. The Labute approximate surface area is 143 Å². The lowest BCUT2D eigenvalue weighted by molar-refractivity contribution is -0.134. The normalized spacial score (nSPS) is 20.5. The van der Waals surface area contributed by atoms with Crippen molar-refractivity contribution in [2.75, 3.05) is 44.7 Å². The van der Waals surface area contributed by atoms with Crippen LogP contribution >= 0.6 is 0 Å². The van der Waals surface area contributed by atoms with Crippen molar-refractivity contribution in [2.24, 2.45) is 0 Å². The Kier molecular flexibility index (Phi) is 4.49. The number of benzene rings is 1. The standard InChI is InChI=1S/C18H25N3O3/c1-18(2)17(23)21(14-6-4-5-7-15(14)24-18)9-8-16(22)20-12-10-19(3)11-13-20/h4-7H,8-13H2,1-3H3. The fourth-order valence-electron chi connectivity index (χ4n) is 3.16. The predicted molar refractivity (Wildman–Crippen MR) is 92.2 cm³/mol. The van der Waals surface area contributed by atoms with Gasteiger partial charge < -0.3 is 19.4 Å². The Balaban J connectivity index is 1.70. The summed E-state index contributed by atoms with van der Waals surface area (Å²) in [5.41, 5.74) is -0.168. The van der Waals surface area contributed by atoms with Crippen LogP contribution in [0.2, 0.25) is 0 Å². The first-order chi connectivity index (χ1) is 11.4. The minimum Gasteiger partial charge on any atom is -0.476 e. The quantitative estimate of drug-likeness (QED) is 0.839. The molecule has 1 saturated heterocycles. The maximum absolute atomic E-state index is 12.7. The van der Waals surface area contributed by atoms with Gasteiger partial charge in [0.15, 0.2) is 5.60 Å². The lowest BCUT2D eigenvalue weighted by Crippen LogP contribution is -2.53. The molecule has 0 aromatic heterocycles. The van der Waals surface area contributed by atoms with Gasteiger partial charge in [-0.1, -0.05) is 12.1 Å². The number of carbonyl (C=O) groups is 2. The summed E-state index contributed by atoms with van der Waals surface area (Å²) in [6.45, 7) is 7.23. The van der Waals surface area contributed by atoms with Gasteiger partial charge in [0.25, 0.3) is 5.91 Å². The predicted octanol–water partition coefficient (Wildman–Crippen LogP) is 1.35. The molecule has 24 heavy (non-hydrogen) atoms. The Hall–Kier alpha value is -2.08. The van der Waals surface area contributed by atoms with Crippen LogP contribution in [0.1, 0.15) is 20.3 Å². The van der Waals surface area contributed by atoms with Gasteiger partial charge in [-0.05, 0) is 33.0 Å². The highest BCUT2D eigenvalue weighted by molar-refractivity contribution is 6.02. The molecule has 0 aliphatic carbocycles. The number of rotatable bonds is 3. The lowest BCUT2D eigenvalue weighted by Gasteiger charge is -2.39. The molecular weight excluding hydrogens is 306 g/mol. The third kappa shape index (κ3) is 3.24. The molecule has 2 aliphatic rings. The summed E-state index contributed by atoms with van der Waals surface area (Å²) in [5.74, 6) is 0.694. The van der Waals surface area contributed by atoms with E-state index in [1.807, 2.05) is 29.2 Å². The molecule has 0 radical (unpaired) electrons. The number of nitrogens with zero attached hydrogens (tertiary/aromatic N) is 3. The summed E-state index contributed by atoms with van der Waals surface area (Å²) in [4.78, 5) is 31.0. The van der Waals surface area contributed by atoms with E-state index in [9.17, 15) is 9.59 Å². The second-order valence-electron chi connectivity index (χ2n) is 6.97. The van der Waals surface area contributed by atoms with Crippen molar-refractivity contribution in [1.82, 2.24) is 9.80 Å². The molecular formula is C18H25N3O3. The second-order valence-corrected chi connectivity index (χ2v) is 6.97. The molecule has 1 fully saturated rings. The number of likely N-dealkylation sites (N-methyl/N-ethyl adjacent to an activating group) is 1. The highest BCUT2D eigenvalue weighted by Gasteiger charge is 2.40. The third-order valence-electron chi connectivity index (χ3n) is 4.69. The molecule has 0 atom stereocenters. The number of piperazine rings is 1. The average Bonchev–Trinajstić information content (AvgIpc) is 2.55. The first-order valence-corrected chi connectivity index (χ1v) is 8.45. The third-order valence-corrected chi connectivity index (χ3v) is 4.69. The first kappa shape index (κ1) is 16.8. The molecule has 6 nitrogen and oxygen atoms in total. The Morgan fingerprint density at radius 2 is 1.83 bits per heavy atom. The monoisotopic (exact) mass is 331 g/mol. The summed E-state index contributed by atoms with van der Waals surface area (Å²) in [6.07, 6.45) is 0.333. The molecule has 0 bridgehead atoms. The molecule has 3 rings (SSSR count). The van der Waals surface area contributed by atoms with Crippen LogP contribution < -0.4 is 9.64 Å². The van der Waals surface area contributed by atoms with Crippen molar-refractivity contribution in [3.8, 4) is 5.75 Å². The number of amides is 2. The molecule has 2 heterocycles. The molecule has 0 saturated carbocycles. The van der Waals surface area contributed by atoms with Crippen LogP contribution in [0.25, 0.3) is 0 Å². The summed E-state index contributed by atoms with van der Waals surface area (Å²) in [6, 6.07) is 7.49. The highest BCUT2D eigenvalue weighted by atomic mass is 16.5. The molecule has 1 aromatic carbocycles. The van der Waals surface area contributed by atoms with Gasteiger partial charge in [-0.15, -0.1) is 0 Å². The van der Waals surface area contributed by atoms with Gasteiger partial charge in [-0.2, -0.15) is 0 Å². The summed E-state index contributed by atoms with van der Waals surface area (Å²) in [7, 11) is 2.06. The molecule has 2 aliphatic heterocycles. The summed E-state index contributed by atoms with van der Waals surface area (Å²) in [5, 5.41) is 0. The van der Waals surface area contributed by atoms with E-state index in [2.05, 4.69) is 11.9 Å². The van der Waals surface area contributed by atoms with Crippen molar-refractivity contribution in [3.63, 3.8) is 0 Å². The van der Waals surface area contributed by atoms with Gasteiger partial charge in [-0.25, -0.2) is 0 Å². The van der Waals surface area contributed by atoms with Crippen molar-refractivity contribution in [1.29, 1.82) is 0 Å². The topological polar surface area (TPSA) is 53.1 Å². The van der Waals surface area contributed by atoms with Gasteiger partial charge in [0.2, 0.25) is 5.91 Å². The Morgan fingerprint density at radius 3 is 2.54 bits per heavy atom. The van der Waals surface area contributed by atoms with Crippen LogP contribution in [0, 0.1) is 0 Å². The maximum Gasteiger partial charge on any atom is 0.270 e. The maximum atomic E-state index is 12.7. The van der Waals surface area contributed by atoms with Gasteiger partial charge >= 0.3 is 0 Å². The zero-order valence-corrected chi connectivity index (χ0v) is 14.6. The average molecular weight is 331 g/mol. The van der Waals surface area contributed by atoms with E-state index in [4.69, 9.17) is 4.74 Å². The fourth-order valence-corrected chi connectivity index (χ4v) is 3.16. The number of para-hydroxylation sites is 2. The summed E-state index contributed by atoms with van der Waals surface area (Å²) < 4.78 is 5.80. The largest absolute Gasteiger partial charge is 0.476 e. The van der Waals surface area contributed by atoms with Crippen molar-refractivity contribution in [2.45, 2.75) is 25.9 Å². The van der Waals surface area contributed by atoms with Crippen LogP contribution in [0.4, 0.5) is 5.69 Å². The molecule has 0 unspecified atom stereocenters. The smallest absolute Gasteiger partial charge is 0.270 e. The minimum atomic E-state index is -0.911. The van der Waals surface area contributed by atoms with Crippen LogP contribution in [-0.2, 0) is 9.59 Å². The van der Waals surface area contributed by atoms with Gasteiger partial charge in [0, 0.05) is 39.1 Å². The molecule has 6 heteroatoms. The van der Waals surface area contributed by atoms with E-state index < -0.39 is 5.60 Å². The zero-order chi connectivity index (χ0) is 17.3. The van der Waals surface area contributed by atoms with Gasteiger partial charge in [0.1, 0.15) is 5.75 Å². The van der Waals surface area contributed by atoms with Gasteiger partial charge in [0.05, 0.1) is 5.69 Å². The Bertz CT molecular complexity index is 636. The van der Waals surface area contributed by atoms with Crippen molar-refractivity contribution >= 4 is 17.5 Å². The number of carbonyl (C=O) groups excluding carboxylic acids is 2. The van der Waals surface area contributed by atoms with Gasteiger partial charge in [-0.3, -0.25) is 9.59 Å².